The Bertz CT molecular complexity index is 586. The minimum atomic E-state index is -0.109. The van der Waals surface area contributed by atoms with Gasteiger partial charge in [0.15, 0.2) is 0 Å². The standard InChI is InChI=1S/C14H16ClN3OS/c1-3-16-13-6-11(12(15)7-17-13)14(19)18(2)8-10-4-5-20-9-10/h4-7,9H,3,8H2,1-2H3,(H,16,17). The van der Waals surface area contributed by atoms with Crippen LogP contribution in [0.3, 0.4) is 0 Å². The normalized spacial score (nSPS) is 10.3. The Kier molecular flexibility index (Phi) is 4.98. The summed E-state index contributed by atoms with van der Waals surface area (Å²) in [5.41, 5.74) is 1.58. The maximum Gasteiger partial charge on any atom is 0.255 e. The molecule has 2 heterocycles. The molecule has 0 aliphatic heterocycles. The summed E-state index contributed by atoms with van der Waals surface area (Å²) in [5, 5.41) is 7.47. The van der Waals surface area contributed by atoms with E-state index in [1.165, 1.54) is 6.20 Å². The molecule has 1 amide bonds. The maximum absolute atomic E-state index is 12.4. The van der Waals surface area contributed by atoms with E-state index >= 15 is 0 Å². The third-order valence-corrected chi connectivity index (χ3v) is 3.82. The number of carbonyl (C=O) groups is 1. The number of aromatic nitrogens is 1. The highest BCUT2D eigenvalue weighted by Crippen LogP contribution is 2.20. The van der Waals surface area contributed by atoms with Gasteiger partial charge in [0.2, 0.25) is 0 Å². The van der Waals surface area contributed by atoms with Crippen molar-refractivity contribution in [3.63, 3.8) is 0 Å². The molecule has 0 aliphatic carbocycles. The van der Waals surface area contributed by atoms with Crippen LogP contribution in [0.2, 0.25) is 5.02 Å². The molecule has 0 aromatic carbocycles. The minimum absolute atomic E-state index is 0.109. The maximum atomic E-state index is 12.4. The third kappa shape index (κ3) is 3.49. The molecule has 4 nitrogen and oxygen atoms in total. The molecule has 20 heavy (non-hydrogen) atoms. The number of hydrogen-bond acceptors (Lipinski definition) is 4. The van der Waals surface area contributed by atoms with Gasteiger partial charge in [0.1, 0.15) is 5.82 Å². The number of amides is 1. The second-order valence-electron chi connectivity index (χ2n) is 4.37. The van der Waals surface area contributed by atoms with Crippen molar-refractivity contribution >= 4 is 34.7 Å². The van der Waals surface area contributed by atoms with Gasteiger partial charge in [0.05, 0.1) is 10.6 Å². The number of nitrogens with one attached hydrogen (secondary N) is 1. The number of hydrogen-bond donors (Lipinski definition) is 1. The zero-order valence-corrected chi connectivity index (χ0v) is 13.0. The van der Waals surface area contributed by atoms with E-state index in [-0.39, 0.29) is 5.91 Å². The van der Waals surface area contributed by atoms with E-state index in [0.29, 0.717) is 22.9 Å². The Morgan fingerprint density at radius 3 is 3.00 bits per heavy atom. The Morgan fingerprint density at radius 1 is 1.55 bits per heavy atom. The van der Waals surface area contributed by atoms with E-state index in [1.807, 2.05) is 23.8 Å². The summed E-state index contributed by atoms with van der Waals surface area (Å²) >= 11 is 7.70. The van der Waals surface area contributed by atoms with E-state index in [1.54, 1.807) is 29.4 Å². The molecule has 1 N–H and O–H groups in total. The van der Waals surface area contributed by atoms with Gasteiger partial charge in [-0.15, -0.1) is 0 Å². The molecule has 106 valence electrons. The molecule has 0 saturated carbocycles. The van der Waals surface area contributed by atoms with E-state index in [2.05, 4.69) is 10.3 Å². The van der Waals surface area contributed by atoms with Crippen LogP contribution in [0, 0.1) is 0 Å². The van der Waals surface area contributed by atoms with Crippen LogP contribution in [0.4, 0.5) is 5.82 Å². The van der Waals surface area contributed by atoms with E-state index in [0.717, 1.165) is 12.1 Å². The van der Waals surface area contributed by atoms with Gasteiger partial charge < -0.3 is 10.2 Å². The summed E-state index contributed by atoms with van der Waals surface area (Å²) in [5.74, 6) is 0.548. The van der Waals surface area contributed by atoms with Gasteiger partial charge in [-0.25, -0.2) is 4.98 Å². The summed E-state index contributed by atoms with van der Waals surface area (Å²) in [4.78, 5) is 18.2. The van der Waals surface area contributed by atoms with E-state index in [9.17, 15) is 4.79 Å². The minimum Gasteiger partial charge on any atom is -0.370 e. The highest BCUT2D eigenvalue weighted by atomic mass is 35.5. The predicted molar refractivity (Wildman–Crippen MR) is 83.5 cm³/mol. The lowest BCUT2D eigenvalue weighted by atomic mass is 10.2. The summed E-state index contributed by atoms with van der Waals surface area (Å²) in [6, 6.07) is 3.70. The number of pyridine rings is 1. The van der Waals surface area contributed by atoms with Gasteiger partial charge in [-0.2, -0.15) is 11.3 Å². The van der Waals surface area contributed by atoms with Gasteiger partial charge in [-0.3, -0.25) is 4.79 Å². The van der Waals surface area contributed by atoms with Crippen molar-refractivity contribution in [1.82, 2.24) is 9.88 Å². The second-order valence-corrected chi connectivity index (χ2v) is 5.56. The molecule has 2 aromatic rings. The molecule has 0 unspecified atom stereocenters. The molecule has 0 spiro atoms. The van der Waals surface area contributed by atoms with Crippen molar-refractivity contribution < 1.29 is 4.79 Å². The Hall–Kier alpha value is -1.59. The third-order valence-electron chi connectivity index (χ3n) is 2.79. The Labute approximate surface area is 127 Å². The average molecular weight is 310 g/mol. The smallest absolute Gasteiger partial charge is 0.255 e. The molecule has 0 atom stereocenters. The molecular weight excluding hydrogens is 294 g/mol. The van der Waals surface area contributed by atoms with Crippen LogP contribution < -0.4 is 5.32 Å². The first kappa shape index (κ1) is 14.8. The molecule has 0 bridgehead atoms. The van der Waals surface area contributed by atoms with Crippen molar-refractivity contribution in [1.29, 1.82) is 0 Å². The molecule has 0 saturated heterocycles. The van der Waals surface area contributed by atoms with Gasteiger partial charge in [0, 0.05) is 26.3 Å². The number of thiophene rings is 1. The van der Waals surface area contributed by atoms with Crippen LogP contribution in [0.1, 0.15) is 22.8 Å². The predicted octanol–water partition coefficient (Wildman–Crippen LogP) is 3.50. The zero-order valence-electron chi connectivity index (χ0n) is 11.4. The van der Waals surface area contributed by atoms with Crippen LogP contribution >= 0.6 is 22.9 Å². The first-order valence-electron chi connectivity index (χ1n) is 6.27. The number of nitrogens with zero attached hydrogens (tertiary/aromatic N) is 2. The fourth-order valence-electron chi connectivity index (χ4n) is 1.81. The quantitative estimate of drug-likeness (QED) is 0.919. The van der Waals surface area contributed by atoms with Crippen LogP contribution in [-0.2, 0) is 6.54 Å². The second kappa shape index (κ2) is 6.72. The van der Waals surface area contributed by atoms with Crippen LogP contribution in [0.15, 0.2) is 29.1 Å². The first-order valence-corrected chi connectivity index (χ1v) is 7.60. The zero-order chi connectivity index (χ0) is 14.5. The number of carbonyl (C=O) groups excluding carboxylic acids is 1. The number of rotatable bonds is 5. The monoisotopic (exact) mass is 309 g/mol. The van der Waals surface area contributed by atoms with E-state index in [4.69, 9.17) is 11.6 Å². The fraction of sp³-hybridized carbons (Fsp3) is 0.286. The summed E-state index contributed by atoms with van der Waals surface area (Å²) in [6.45, 7) is 3.28. The van der Waals surface area contributed by atoms with Crippen LogP contribution in [0.5, 0.6) is 0 Å². The number of anilines is 1. The summed E-state index contributed by atoms with van der Waals surface area (Å²) in [7, 11) is 1.77. The Morgan fingerprint density at radius 2 is 2.35 bits per heavy atom. The van der Waals surface area contributed by atoms with Gasteiger partial charge in [-0.1, -0.05) is 11.6 Å². The van der Waals surface area contributed by atoms with Gasteiger partial charge in [0.25, 0.3) is 5.91 Å². The molecule has 6 heteroatoms. The van der Waals surface area contributed by atoms with E-state index < -0.39 is 0 Å². The van der Waals surface area contributed by atoms with Crippen LogP contribution in [0.25, 0.3) is 0 Å². The highest BCUT2D eigenvalue weighted by molar-refractivity contribution is 7.07. The van der Waals surface area contributed by atoms with Gasteiger partial charge in [-0.05, 0) is 35.4 Å². The van der Waals surface area contributed by atoms with Crippen molar-refractivity contribution in [2.45, 2.75) is 13.5 Å². The summed E-state index contributed by atoms with van der Waals surface area (Å²) < 4.78 is 0. The lowest BCUT2D eigenvalue weighted by molar-refractivity contribution is 0.0785. The van der Waals surface area contributed by atoms with Crippen LogP contribution in [-0.4, -0.2) is 29.4 Å². The average Bonchev–Trinajstić information content (AvgIpc) is 2.93. The SMILES string of the molecule is CCNc1cc(C(=O)N(C)Cc2ccsc2)c(Cl)cn1. The lowest BCUT2D eigenvalue weighted by Gasteiger charge is -2.17. The fourth-order valence-corrected chi connectivity index (χ4v) is 2.66. The first-order chi connectivity index (χ1) is 9.61. The summed E-state index contributed by atoms with van der Waals surface area (Å²) in [6.07, 6.45) is 1.51. The lowest BCUT2D eigenvalue weighted by Crippen LogP contribution is -2.26. The molecule has 2 aromatic heterocycles. The topological polar surface area (TPSA) is 45.2 Å². The van der Waals surface area contributed by atoms with Gasteiger partial charge >= 0.3 is 0 Å². The molecule has 2 rings (SSSR count). The highest BCUT2D eigenvalue weighted by Gasteiger charge is 2.16. The van der Waals surface area contributed by atoms with Crippen molar-refractivity contribution in [3.05, 3.63) is 45.2 Å². The van der Waals surface area contributed by atoms with Crippen molar-refractivity contribution in [2.75, 3.05) is 18.9 Å². The number of halogens is 1. The molecule has 0 radical (unpaired) electrons. The molecular formula is C14H16ClN3OS. The molecule has 0 aliphatic rings. The van der Waals surface area contributed by atoms with Crippen molar-refractivity contribution in [3.8, 4) is 0 Å². The Balaban J connectivity index is 2.17. The largest absolute Gasteiger partial charge is 0.370 e. The molecule has 0 fully saturated rings. The van der Waals surface area contributed by atoms with Crippen molar-refractivity contribution in [2.24, 2.45) is 0 Å².